The largest absolute Gasteiger partial charge is 0.423 e. The van der Waals surface area contributed by atoms with Crippen LogP contribution < -0.4 is 4.74 Å². The van der Waals surface area contributed by atoms with Crippen molar-refractivity contribution in [3.63, 3.8) is 0 Å². The van der Waals surface area contributed by atoms with Crippen LogP contribution in [0.15, 0.2) is 47.4 Å². The Kier molecular flexibility index (Phi) is 5.08. The van der Waals surface area contributed by atoms with Crippen molar-refractivity contribution >= 4 is 27.6 Å². The van der Waals surface area contributed by atoms with Crippen LogP contribution in [0.1, 0.15) is 23.2 Å². The van der Waals surface area contributed by atoms with Gasteiger partial charge in [-0.1, -0.05) is 11.6 Å². The highest BCUT2D eigenvalue weighted by atomic mass is 35.5. The van der Waals surface area contributed by atoms with Crippen LogP contribution in [-0.2, 0) is 10.0 Å². The molecule has 1 aliphatic rings. The quantitative estimate of drug-likeness (QED) is 0.599. The molecule has 2 aromatic rings. The number of benzene rings is 2. The fraction of sp³-hybridized carbons (Fsp3) is 0.235. The number of rotatable bonds is 4. The lowest BCUT2D eigenvalue weighted by molar-refractivity contribution is 0.0734. The molecule has 5 nitrogen and oxygen atoms in total. The van der Waals surface area contributed by atoms with Crippen LogP contribution in [0.4, 0.5) is 4.39 Å². The van der Waals surface area contributed by atoms with Gasteiger partial charge in [0.05, 0.1) is 10.6 Å². The maximum absolute atomic E-state index is 12.9. The zero-order valence-corrected chi connectivity index (χ0v) is 14.7. The summed E-state index contributed by atoms with van der Waals surface area (Å²) >= 11 is 6.04. The predicted octanol–water partition coefficient (Wildman–Crippen LogP) is 3.48. The van der Waals surface area contributed by atoms with Crippen molar-refractivity contribution in [3.05, 3.63) is 58.9 Å². The average molecular weight is 384 g/mol. The molecular weight excluding hydrogens is 369 g/mol. The number of hydrogen-bond donors (Lipinski definition) is 0. The predicted molar refractivity (Wildman–Crippen MR) is 90.8 cm³/mol. The van der Waals surface area contributed by atoms with Gasteiger partial charge in [-0.05, 0) is 55.3 Å². The molecule has 0 unspecified atom stereocenters. The Bertz CT molecular complexity index is 893. The zero-order chi connectivity index (χ0) is 18.0. The molecule has 0 N–H and O–H groups in total. The van der Waals surface area contributed by atoms with Crippen molar-refractivity contribution in [1.29, 1.82) is 0 Å². The molecule has 132 valence electrons. The summed E-state index contributed by atoms with van der Waals surface area (Å²) in [5.74, 6) is -1.04. The SMILES string of the molecule is O=C(Oc1ccc(F)cc1)c1ccc(Cl)c(S(=O)(=O)N2CCCC2)c1. The number of carbonyl (C=O) groups is 1. The topological polar surface area (TPSA) is 63.7 Å². The first kappa shape index (κ1) is 17.8. The summed E-state index contributed by atoms with van der Waals surface area (Å²) in [6, 6.07) is 8.89. The fourth-order valence-electron chi connectivity index (χ4n) is 2.56. The third kappa shape index (κ3) is 3.84. The van der Waals surface area contributed by atoms with E-state index in [1.165, 1.54) is 34.6 Å². The van der Waals surface area contributed by atoms with Crippen molar-refractivity contribution in [2.45, 2.75) is 17.7 Å². The van der Waals surface area contributed by atoms with Crippen molar-refractivity contribution in [1.82, 2.24) is 4.31 Å². The molecule has 25 heavy (non-hydrogen) atoms. The first-order chi connectivity index (χ1) is 11.9. The van der Waals surface area contributed by atoms with E-state index < -0.39 is 21.8 Å². The van der Waals surface area contributed by atoms with E-state index in [0.29, 0.717) is 13.1 Å². The lowest BCUT2D eigenvalue weighted by atomic mass is 10.2. The smallest absolute Gasteiger partial charge is 0.343 e. The molecule has 3 rings (SSSR count). The first-order valence-corrected chi connectivity index (χ1v) is 9.47. The molecule has 1 saturated heterocycles. The normalized spacial score (nSPS) is 15.3. The molecule has 0 amide bonds. The Morgan fingerprint density at radius 3 is 2.36 bits per heavy atom. The summed E-state index contributed by atoms with van der Waals surface area (Å²) < 4.78 is 44.7. The van der Waals surface area contributed by atoms with Crippen molar-refractivity contribution in [2.75, 3.05) is 13.1 Å². The number of carbonyl (C=O) groups excluding carboxylic acids is 1. The number of ether oxygens (including phenoxy) is 1. The van der Waals surface area contributed by atoms with Crippen LogP contribution in [0.5, 0.6) is 5.75 Å². The number of esters is 1. The molecule has 0 atom stereocenters. The van der Waals surface area contributed by atoms with E-state index >= 15 is 0 Å². The Balaban J connectivity index is 1.88. The van der Waals surface area contributed by atoms with Gasteiger partial charge in [0.1, 0.15) is 16.5 Å². The highest BCUT2D eigenvalue weighted by Gasteiger charge is 2.30. The molecular formula is C17H15ClFNO4S. The molecule has 0 radical (unpaired) electrons. The number of nitrogens with zero attached hydrogens (tertiary/aromatic N) is 1. The highest BCUT2D eigenvalue weighted by Crippen LogP contribution is 2.28. The zero-order valence-electron chi connectivity index (χ0n) is 13.1. The molecule has 8 heteroatoms. The molecule has 1 heterocycles. The summed E-state index contributed by atoms with van der Waals surface area (Å²) in [5.41, 5.74) is 0.0477. The van der Waals surface area contributed by atoms with Gasteiger partial charge in [0, 0.05) is 13.1 Å². The summed E-state index contributed by atoms with van der Waals surface area (Å²) in [6.07, 6.45) is 1.59. The van der Waals surface area contributed by atoms with Crippen LogP contribution in [0.25, 0.3) is 0 Å². The molecule has 0 bridgehead atoms. The fourth-order valence-corrected chi connectivity index (χ4v) is 4.58. The minimum absolute atomic E-state index is 0.0465. The van der Waals surface area contributed by atoms with Gasteiger partial charge in [-0.2, -0.15) is 4.31 Å². The molecule has 0 aromatic heterocycles. The monoisotopic (exact) mass is 383 g/mol. The maximum atomic E-state index is 12.9. The first-order valence-electron chi connectivity index (χ1n) is 7.65. The summed E-state index contributed by atoms with van der Waals surface area (Å²) in [4.78, 5) is 12.1. The van der Waals surface area contributed by atoms with E-state index in [1.54, 1.807) is 0 Å². The summed E-state index contributed by atoms with van der Waals surface area (Å²) in [6.45, 7) is 0.867. The molecule has 0 saturated carbocycles. The van der Waals surface area contributed by atoms with Gasteiger partial charge in [-0.3, -0.25) is 0 Å². The Morgan fingerprint density at radius 2 is 1.72 bits per heavy atom. The van der Waals surface area contributed by atoms with E-state index in [0.717, 1.165) is 25.0 Å². The molecule has 2 aromatic carbocycles. The van der Waals surface area contributed by atoms with E-state index in [4.69, 9.17) is 16.3 Å². The summed E-state index contributed by atoms with van der Waals surface area (Å²) in [5, 5.41) is 0.0465. The van der Waals surface area contributed by atoms with Crippen LogP contribution >= 0.6 is 11.6 Å². The van der Waals surface area contributed by atoms with E-state index in [2.05, 4.69) is 0 Å². The minimum atomic E-state index is -3.76. The Hall–Kier alpha value is -1.96. The van der Waals surface area contributed by atoms with Crippen molar-refractivity contribution in [3.8, 4) is 5.75 Å². The molecule has 0 aliphatic carbocycles. The van der Waals surface area contributed by atoms with E-state index in [9.17, 15) is 17.6 Å². The molecule has 1 fully saturated rings. The second-order valence-electron chi connectivity index (χ2n) is 5.60. The van der Waals surface area contributed by atoms with Gasteiger partial charge >= 0.3 is 5.97 Å². The molecule has 0 spiro atoms. The van der Waals surface area contributed by atoms with Crippen LogP contribution in [0.3, 0.4) is 0 Å². The van der Waals surface area contributed by atoms with E-state index in [-0.39, 0.29) is 21.2 Å². The second-order valence-corrected chi connectivity index (χ2v) is 7.91. The van der Waals surface area contributed by atoms with E-state index in [1.807, 2.05) is 0 Å². The highest BCUT2D eigenvalue weighted by molar-refractivity contribution is 7.89. The summed E-state index contributed by atoms with van der Waals surface area (Å²) in [7, 11) is -3.76. The van der Waals surface area contributed by atoms with Gasteiger partial charge < -0.3 is 4.74 Å². The Labute approximate surface area is 150 Å². The van der Waals surface area contributed by atoms with Gasteiger partial charge in [-0.15, -0.1) is 0 Å². The Morgan fingerprint density at radius 1 is 1.08 bits per heavy atom. The van der Waals surface area contributed by atoms with Gasteiger partial charge in [-0.25, -0.2) is 17.6 Å². The lowest BCUT2D eigenvalue weighted by Gasteiger charge is -2.17. The third-order valence-corrected chi connectivity index (χ3v) is 6.25. The number of hydrogen-bond acceptors (Lipinski definition) is 4. The minimum Gasteiger partial charge on any atom is -0.423 e. The van der Waals surface area contributed by atoms with Crippen LogP contribution in [0, 0.1) is 5.82 Å². The number of halogens is 2. The maximum Gasteiger partial charge on any atom is 0.343 e. The lowest BCUT2D eigenvalue weighted by Crippen LogP contribution is -2.28. The second kappa shape index (κ2) is 7.11. The third-order valence-electron chi connectivity index (χ3n) is 3.87. The van der Waals surface area contributed by atoms with Gasteiger partial charge in [0.15, 0.2) is 0 Å². The van der Waals surface area contributed by atoms with Gasteiger partial charge in [0.2, 0.25) is 10.0 Å². The van der Waals surface area contributed by atoms with Crippen LogP contribution in [-0.4, -0.2) is 31.8 Å². The average Bonchev–Trinajstić information content (AvgIpc) is 3.12. The standard InChI is InChI=1S/C17H15ClFNO4S/c18-15-8-3-12(17(21)24-14-6-4-13(19)5-7-14)11-16(15)25(22,23)20-9-1-2-10-20/h3-8,11H,1-2,9-10H2. The van der Waals surface area contributed by atoms with Crippen molar-refractivity contribution in [2.24, 2.45) is 0 Å². The molecule has 1 aliphatic heterocycles. The van der Waals surface area contributed by atoms with Crippen LogP contribution in [0.2, 0.25) is 5.02 Å². The van der Waals surface area contributed by atoms with Gasteiger partial charge in [0.25, 0.3) is 0 Å². The number of sulfonamides is 1. The van der Waals surface area contributed by atoms with Crippen molar-refractivity contribution < 1.29 is 22.3 Å².